The van der Waals surface area contributed by atoms with Gasteiger partial charge in [-0.2, -0.15) is 5.10 Å². The molecule has 0 saturated heterocycles. The van der Waals surface area contributed by atoms with Crippen LogP contribution in [-0.2, 0) is 9.63 Å². The zero-order valence-corrected chi connectivity index (χ0v) is 9.92. The second kappa shape index (κ2) is 5.78. The molecule has 7 nitrogen and oxygen atoms in total. The number of nitrogens with zero attached hydrogens (tertiary/aromatic N) is 1. The molecule has 1 aromatic heterocycles. The van der Waals surface area contributed by atoms with Crippen molar-refractivity contribution < 1.29 is 14.4 Å². The molecular weight excluding hydrogens is 248 g/mol. The number of hydroxylamine groups is 1. The topological polar surface area (TPSA) is 110 Å². The molecule has 2 amide bonds. The number of primary amides is 1. The highest BCUT2D eigenvalue weighted by atomic mass is 16.7. The smallest absolute Gasteiger partial charge is 0.278 e. The van der Waals surface area contributed by atoms with Gasteiger partial charge in [-0.3, -0.25) is 19.5 Å². The van der Waals surface area contributed by atoms with Crippen LogP contribution < -0.4 is 11.2 Å². The second-order valence-corrected chi connectivity index (χ2v) is 3.71. The second-order valence-electron chi connectivity index (χ2n) is 3.71. The summed E-state index contributed by atoms with van der Waals surface area (Å²) in [5, 5.41) is 6.57. The molecule has 0 radical (unpaired) electrons. The number of carbonyl (C=O) groups is 2. The summed E-state index contributed by atoms with van der Waals surface area (Å²) in [6.07, 6.45) is 1.38. The lowest BCUT2D eigenvalue weighted by Gasteiger charge is -2.04. The van der Waals surface area contributed by atoms with E-state index in [1.165, 1.54) is 6.20 Å². The number of aromatic amines is 1. The number of H-pyrrole nitrogens is 1. The number of hydrogen-bond acceptors (Lipinski definition) is 4. The summed E-state index contributed by atoms with van der Waals surface area (Å²) in [5.41, 5.74) is 8.72. The molecule has 0 bridgehead atoms. The number of amides is 2. The Morgan fingerprint density at radius 3 is 2.74 bits per heavy atom. The lowest BCUT2D eigenvalue weighted by Crippen LogP contribution is -2.29. The summed E-state index contributed by atoms with van der Waals surface area (Å²) in [6, 6.07) is 9.25. The molecule has 0 aliphatic heterocycles. The number of hydrogen-bond donors (Lipinski definition) is 3. The number of carbonyl (C=O) groups excluding carboxylic acids is 2. The zero-order valence-electron chi connectivity index (χ0n) is 9.92. The number of benzene rings is 1. The molecule has 0 atom stereocenters. The van der Waals surface area contributed by atoms with Crippen LogP contribution in [0.4, 0.5) is 0 Å². The molecule has 1 heterocycles. The standard InChI is InChI=1S/C12H12N4O3/c13-10(17)7-19-16-12(18)9-6-14-15-11(9)8-4-2-1-3-5-8/h1-6H,7H2,(H2,13,17)(H,14,15)(H,16,18). The number of rotatable bonds is 5. The van der Waals surface area contributed by atoms with E-state index in [9.17, 15) is 9.59 Å². The Labute approximate surface area is 108 Å². The van der Waals surface area contributed by atoms with Crippen LogP contribution in [0.25, 0.3) is 11.3 Å². The first kappa shape index (κ1) is 12.8. The fraction of sp³-hybridized carbons (Fsp3) is 0.0833. The first-order chi connectivity index (χ1) is 9.18. The van der Waals surface area contributed by atoms with Crippen LogP contribution >= 0.6 is 0 Å². The maximum atomic E-state index is 11.8. The van der Waals surface area contributed by atoms with E-state index in [1.807, 2.05) is 30.3 Å². The fourth-order valence-corrected chi connectivity index (χ4v) is 1.51. The van der Waals surface area contributed by atoms with E-state index in [4.69, 9.17) is 5.73 Å². The molecule has 0 aliphatic carbocycles. The van der Waals surface area contributed by atoms with Gasteiger partial charge in [-0.05, 0) is 0 Å². The van der Waals surface area contributed by atoms with E-state index in [2.05, 4.69) is 20.5 Å². The lowest BCUT2D eigenvalue weighted by molar-refractivity contribution is -0.124. The van der Waals surface area contributed by atoms with Crippen molar-refractivity contribution in [2.75, 3.05) is 6.61 Å². The Balaban J connectivity index is 2.11. The first-order valence-corrected chi connectivity index (χ1v) is 5.47. The van der Waals surface area contributed by atoms with Crippen LogP contribution in [0.5, 0.6) is 0 Å². The van der Waals surface area contributed by atoms with Gasteiger partial charge in [0.1, 0.15) is 0 Å². The molecule has 2 aromatic rings. The monoisotopic (exact) mass is 260 g/mol. The van der Waals surface area contributed by atoms with Crippen molar-refractivity contribution in [3.05, 3.63) is 42.1 Å². The molecule has 0 fully saturated rings. The first-order valence-electron chi connectivity index (χ1n) is 5.47. The van der Waals surface area contributed by atoms with E-state index >= 15 is 0 Å². The third-order valence-corrected chi connectivity index (χ3v) is 2.33. The minimum absolute atomic E-state index is 0.315. The third-order valence-electron chi connectivity index (χ3n) is 2.33. The van der Waals surface area contributed by atoms with Crippen molar-refractivity contribution >= 4 is 11.8 Å². The third kappa shape index (κ3) is 3.17. The van der Waals surface area contributed by atoms with Gasteiger partial charge in [0.05, 0.1) is 17.5 Å². The van der Waals surface area contributed by atoms with E-state index in [0.717, 1.165) is 5.56 Å². The van der Waals surface area contributed by atoms with Gasteiger partial charge in [0.15, 0.2) is 6.61 Å². The van der Waals surface area contributed by atoms with Crippen molar-refractivity contribution in [2.45, 2.75) is 0 Å². The maximum Gasteiger partial charge on any atom is 0.278 e. The number of nitrogens with two attached hydrogens (primary N) is 1. The molecule has 1 aromatic carbocycles. The summed E-state index contributed by atoms with van der Waals surface area (Å²) in [7, 11) is 0. The summed E-state index contributed by atoms with van der Waals surface area (Å²) in [6.45, 7) is -0.385. The summed E-state index contributed by atoms with van der Waals surface area (Å²) in [5.74, 6) is -1.18. The van der Waals surface area contributed by atoms with Gasteiger partial charge < -0.3 is 5.73 Å². The van der Waals surface area contributed by atoms with Crippen molar-refractivity contribution in [1.29, 1.82) is 0 Å². The predicted molar refractivity (Wildman–Crippen MR) is 66.6 cm³/mol. The SMILES string of the molecule is NC(=O)CONC(=O)c1cn[nH]c1-c1ccccc1. The van der Waals surface area contributed by atoms with Crippen molar-refractivity contribution in [3.63, 3.8) is 0 Å². The zero-order chi connectivity index (χ0) is 13.7. The van der Waals surface area contributed by atoms with Gasteiger partial charge >= 0.3 is 0 Å². The Hall–Kier alpha value is -2.67. The Kier molecular flexibility index (Phi) is 3.89. The highest BCUT2D eigenvalue weighted by Crippen LogP contribution is 2.20. The Morgan fingerprint density at radius 2 is 2.05 bits per heavy atom. The van der Waals surface area contributed by atoms with E-state index in [1.54, 1.807) is 0 Å². The average Bonchev–Trinajstić information content (AvgIpc) is 2.88. The van der Waals surface area contributed by atoms with E-state index in [-0.39, 0.29) is 6.61 Å². The van der Waals surface area contributed by atoms with Gasteiger partial charge in [0.25, 0.3) is 5.91 Å². The van der Waals surface area contributed by atoms with Crippen LogP contribution in [0.1, 0.15) is 10.4 Å². The van der Waals surface area contributed by atoms with Crippen LogP contribution in [0.15, 0.2) is 36.5 Å². The summed E-state index contributed by atoms with van der Waals surface area (Å²) < 4.78 is 0. The van der Waals surface area contributed by atoms with E-state index < -0.39 is 11.8 Å². The van der Waals surface area contributed by atoms with Crippen LogP contribution in [0, 0.1) is 0 Å². The van der Waals surface area contributed by atoms with E-state index in [0.29, 0.717) is 11.3 Å². The van der Waals surface area contributed by atoms with Gasteiger partial charge in [-0.15, -0.1) is 0 Å². The molecule has 0 spiro atoms. The molecule has 98 valence electrons. The molecule has 2 rings (SSSR count). The van der Waals surface area contributed by atoms with Crippen molar-refractivity contribution in [3.8, 4) is 11.3 Å². The van der Waals surface area contributed by atoms with Gasteiger partial charge in [-0.1, -0.05) is 30.3 Å². The minimum atomic E-state index is -0.671. The predicted octanol–water partition coefficient (Wildman–Crippen LogP) is 0.223. The largest absolute Gasteiger partial charge is 0.368 e. The Morgan fingerprint density at radius 1 is 1.32 bits per heavy atom. The van der Waals surface area contributed by atoms with Crippen LogP contribution in [-0.4, -0.2) is 28.6 Å². The fourth-order valence-electron chi connectivity index (χ4n) is 1.51. The lowest BCUT2D eigenvalue weighted by atomic mass is 10.1. The quantitative estimate of drug-likeness (QED) is 0.668. The molecule has 19 heavy (non-hydrogen) atoms. The van der Waals surface area contributed by atoms with Gasteiger partial charge in [0.2, 0.25) is 5.91 Å². The highest BCUT2D eigenvalue weighted by Gasteiger charge is 2.15. The average molecular weight is 260 g/mol. The van der Waals surface area contributed by atoms with Crippen LogP contribution in [0.3, 0.4) is 0 Å². The molecular formula is C12H12N4O3. The Bertz CT molecular complexity index is 580. The number of nitrogens with one attached hydrogen (secondary N) is 2. The number of aromatic nitrogens is 2. The molecule has 0 saturated carbocycles. The highest BCUT2D eigenvalue weighted by molar-refractivity contribution is 5.99. The maximum absolute atomic E-state index is 11.8. The normalized spacial score (nSPS) is 10.1. The minimum Gasteiger partial charge on any atom is -0.368 e. The van der Waals surface area contributed by atoms with Gasteiger partial charge in [0, 0.05) is 5.56 Å². The van der Waals surface area contributed by atoms with Crippen molar-refractivity contribution in [2.24, 2.45) is 5.73 Å². The van der Waals surface area contributed by atoms with Crippen LogP contribution in [0.2, 0.25) is 0 Å². The molecule has 0 unspecified atom stereocenters. The summed E-state index contributed by atoms with van der Waals surface area (Å²) in [4.78, 5) is 27.0. The summed E-state index contributed by atoms with van der Waals surface area (Å²) >= 11 is 0. The molecule has 4 N–H and O–H groups in total. The molecule has 7 heteroatoms. The van der Waals surface area contributed by atoms with Crippen molar-refractivity contribution in [1.82, 2.24) is 15.7 Å². The molecule has 0 aliphatic rings. The van der Waals surface area contributed by atoms with Gasteiger partial charge in [-0.25, -0.2) is 5.48 Å².